The molecule has 1 amide bonds. The van der Waals surface area contributed by atoms with Crippen molar-refractivity contribution in [1.82, 2.24) is 4.90 Å². The first-order chi connectivity index (χ1) is 6.65. The summed E-state index contributed by atoms with van der Waals surface area (Å²) in [7, 11) is 0. The zero-order chi connectivity index (χ0) is 10.6. The number of nitrogens with zero attached hydrogens (tertiary/aromatic N) is 1. The molecule has 1 rings (SSSR count). The Kier molecular flexibility index (Phi) is 3.92. The average Bonchev–Trinajstić information content (AvgIpc) is 2.14. The van der Waals surface area contributed by atoms with E-state index in [-0.39, 0.29) is 11.8 Å². The van der Waals surface area contributed by atoms with Crippen LogP contribution >= 0.6 is 0 Å². The molecule has 1 heterocycles. The van der Waals surface area contributed by atoms with Gasteiger partial charge in [0.25, 0.3) is 0 Å². The van der Waals surface area contributed by atoms with Crippen LogP contribution < -0.4 is 0 Å². The van der Waals surface area contributed by atoms with E-state index in [1.165, 1.54) is 4.90 Å². The molecule has 0 saturated carbocycles. The van der Waals surface area contributed by atoms with Crippen LogP contribution in [0.4, 0.5) is 4.79 Å². The summed E-state index contributed by atoms with van der Waals surface area (Å²) in [6.45, 7) is 2.44. The van der Waals surface area contributed by atoms with E-state index in [1.54, 1.807) is 0 Å². The van der Waals surface area contributed by atoms with Gasteiger partial charge in [-0.05, 0) is 6.42 Å². The minimum absolute atomic E-state index is 0.0753. The summed E-state index contributed by atoms with van der Waals surface area (Å²) in [5.41, 5.74) is 0. The van der Waals surface area contributed by atoms with E-state index in [4.69, 9.17) is 5.11 Å². The predicted octanol–water partition coefficient (Wildman–Crippen LogP) is 1.89. The molecule has 0 radical (unpaired) electrons. The van der Waals surface area contributed by atoms with Crippen LogP contribution in [0.5, 0.6) is 0 Å². The topological polar surface area (TPSA) is 57.6 Å². The van der Waals surface area contributed by atoms with Crippen LogP contribution in [-0.4, -0.2) is 34.5 Å². The van der Waals surface area contributed by atoms with E-state index < -0.39 is 6.09 Å². The first-order valence-electron chi connectivity index (χ1n) is 5.16. The third kappa shape index (κ3) is 2.72. The molecule has 0 aromatic carbocycles. The summed E-state index contributed by atoms with van der Waals surface area (Å²) in [6.07, 6.45) is 2.74. The maximum Gasteiger partial charge on any atom is 0.407 e. The molecule has 0 aromatic rings. The Morgan fingerprint density at radius 3 is 2.93 bits per heavy atom. The molecular weight excluding hydrogens is 182 g/mol. The third-order valence-corrected chi connectivity index (χ3v) is 2.67. The zero-order valence-electron chi connectivity index (χ0n) is 8.53. The number of amides is 1. The molecule has 1 atom stereocenters. The second-order valence-corrected chi connectivity index (χ2v) is 3.76. The fourth-order valence-corrected chi connectivity index (χ4v) is 1.85. The number of ketones is 1. The largest absolute Gasteiger partial charge is 0.465 e. The van der Waals surface area contributed by atoms with Gasteiger partial charge in [-0.15, -0.1) is 0 Å². The van der Waals surface area contributed by atoms with Gasteiger partial charge in [0, 0.05) is 25.4 Å². The summed E-state index contributed by atoms with van der Waals surface area (Å²) in [5.74, 6) is 0.198. The SMILES string of the molecule is CCCCC1CC(=O)CCN1C(=O)O. The normalized spacial score (nSPS) is 22.5. The number of likely N-dealkylation sites (tertiary alicyclic amines) is 1. The molecule has 80 valence electrons. The quantitative estimate of drug-likeness (QED) is 0.755. The van der Waals surface area contributed by atoms with Gasteiger partial charge in [0.2, 0.25) is 0 Å². The summed E-state index contributed by atoms with van der Waals surface area (Å²) < 4.78 is 0. The molecule has 4 nitrogen and oxygen atoms in total. The molecule has 1 saturated heterocycles. The van der Waals surface area contributed by atoms with Crippen molar-refractivity contribution in [3.05, 3.63) is 0 Å². The van der Waals surface area contributed by atoms with Gasteiger partial charge in [0.05, 0.1) is 0 Å². The number of carbonyl (C=O) groups is 2. The van der Waals surface area contributed by atoms with Crippen molar-refractivity contribution in [2.24, 2.45) is 0 Å². The summed E-state index contributed by atoms with van der Waals surface area (Å²) in [4.78, 5) is 23.4. The average molecular weight is 199 g/mol. The number of Topliss-reactive ketones (excluding diaryl/α,β-unsaturated/α-hetero) is 1. The predicted molar refractivity (Wildman–Crippen MR) is 52.3 cm³/mol. The summed E-state index contributed by atoms with van der Waals surface area (Å²) in [5, 5.41) is 8.91. The lowest BCUT2D eigenvalue weighted by molar-refractivity contribution is -0.122. The van der Waals surface area contributed by atoms with Crippen molar-refractivity contribution in [1.29, 1.82) is 0 Å². The van der Waals surface area contributed by atoms with Crippen molar-refractivity contribution < 1.29 is 14.7 Å². The number of carbonyl (C=O) groups excluding carboxylic acids is 1. The molecule has 0 aromatic heterocycles. The molecule has 4 heteroatoms. The monoisotopic (exact) mass is 199 g/mol. The molecule has 1 unspecified atom stereocenters. The lowest BCUT2D eigenvalue weighted by Crippen LogP contribution is -2.45. The number of piperidine rings is 1. The van der Waals surface area contributed by atoms with Gasteiger partial charge >= 0.3 is 6.09 Å². The first kappa shape index (κ1) is 11.0. The molecule has 1 N–H and O–H groups in total. The second-order valence-electron chi connectivity index (χ2n) is 3.76. The Balaban J connectivity index is 2.54. The number of hydrogen-bond donors (Lipinski definition) is 1. The molecular formula is C10H17NO3. The van der Waals surface area contributed by atoms with E-state index in [2.05, 4.69) is 6.92 Å². The van der Waals surface area contributed by atoms with Gasteiger partial charge in [-0.3, -0.25) is 4.79 Å². The highest BCUT2D eigenvalue weighted by Crippen LogP contribution is 2.19. The van der Waals surface area contributed by atoms with E-state index in [0.29, 0.717) is 19.4 Å². The fraction of sp³-hybridized carbons (Fsp3) is 0.800. The fourth-order valence-electron chi connectivity index (χ4n) is 1.85. The van der Waals surface area contributed by atoms with Crippen LogP contribution in [0.1, 0.15) is 39.0 Å². The van der Waals surface area contributed by atoms with Crippen molar-refractivity contribution in [3.8, 4) is 0 Å². The minimum Gasteiger partial charge on any atom is -0.465 e. The first-order valence-corrected chi connectivity index (χ1v) is 5.16. The highest BCUT2D eigenvalue weighted by molar-refractivity contribution is 5.82. The maximum atomic E-state index is 11.2. The lowest BCUT2D eigenvalue weighted by Gasteiger charge is -2.32. The summed E-state index contributed by atoms with van der Waals surface area (Å²) in [6, 6.07) is -0.0753. The van der Waals surface area contributed by atoms with Crippen molar-refractivity contribution >= 4 is 11.9 Å². The maximum absolute atomic E-state index is 11.2. The Morgan fingerprint density at radius 2 is 2.36 bits per heavy atom. The molecule has 1 aliphatic rings. The molecule has 0 spiro atoms. The lowest BCUT2D eigenvalue weighted by atomic mass is 9.97. The van der Waals surface area contributed by atoms with Crippen molar-refractivity contribution in [2.75, 3.05) is 6.54 Å². The Bertz CT molecular complexity index is 227. The Morgan fingerprint density at radius 1 is 1.64 bits per heavy atom. The Hall–Kier alpha value is -1.06. The molecule has 0 aliphatic carbocycles. The van der Waals surface area contributed by atoms with E-state index in [9.17, 15) is 9.59 Å². The van der Waals surface area contributed by atoms with E-state index >= 15 is 0 Å². The standard InChI is InChI=1S/C10H17NO3/c1-2-3-4-8-7-9(12)5-6-11(8)10(13)14/h8H,2-7H2,1H3,(H,13,14). The van der Waals surface area contributed by atoms with E-state index in [1.807, 2.05) is 0 Å². The van der Waals surface area contributed by atoms with Crippen LogP contribution in [0.3, 0.4) is 0 Å². The van der Waals surface area contributed by atoms with Crippen LogP contribution in [0.2, 0.25) is 0 Å². The molecule has 1 aliphatic heterocycles. The van der Waals surface area contributed by atoms with Gasteiger partial charge in [-0.1, -0.05) is 19.8 Å². The van der Waals surface area contributed by atoms with Gasteiger partial charge in [0.1, 0.15) is 5.78 Å². The van der Waals surface area contributed by atoms with Gasteiger partial charge in [0.15, 0.2) is 0 Å². The van der Waals surface area contributed by atoms with Gasteiger partial charge < -0.3 is 10.0 Å². The minimum atomic E-state index is -0.890. The van der Waals surface area contributed by atoms with E-state index in [0.717, 1.165) is 19.3 Å². The number of carboxylic acid groups (broad SMARTS) is 1. The van der Waals surface area contributed by atoms with Crippen LogP contribution in [0.15, 0.2) is 0 Å². The molecule has 0 bridgehead atoms. The highest BCUT2D eigenvalue weighted by Gasteiger charge is 2.29. The molecule has 1 fully saturated rings. The van der Waals surface area contributed by atoms with Crippen LogP contribution in [0, 0.1) is 0 Å². The summed E-state index contributed by atoms with van der Waals surface area (Å²) >= 11 is 0. The number of hydrogen-bond acceptors (Lipinski definition) is 2. The molecule has 14 heavy (non-hydrogen) atoms. The van der Waals surface area contributed by atoms with Crippen LogP contribution in [0.25, 0.3) is 0 Å². The van der Waals surface area contributed by atoms with Crippen LogP contribution in [-0.2, 0) is 4.79 Å². The second kappa shape index (κ2) is 4.98. The third-order valence-electron chi connectivity index (χ3n) is 2.67. The Labute approximate surface area is 83.9 Å². The van der Waals surface area contributed by atoms with Gasteiger partial charge in [-0.25, -0.2) is 4.79 Å². The van der Waals surface area contributed by atoms with Crippen molar-refractivity contribution in [3.63, 3.8) is 0 Å². The zero-order valence-corrected chi connectivity index (χ0v) is 8.53. The highest BCUT2D eigenvalue weighted by atomic mass is 16.4. The van der Waals surface area contributed by atoms with Gasteiger partial charge in [-0.2, -0.15) is 0 Å². The van der Waals surface area contributed by atoms with Crippen molar-refractivity contribution in [2.45, 2.75) is 45.1 Å². The number of rotatable bonds is 3. The number of unbranched alkanes of at least 4 members (excludes halogenated alkanes) is 1. The smallest absolute Gasteiger partial charge is 0.407 e.